The van der Waals surface area contributed by atoms with Gasteiger partial charge in [0.15, 0.2) is 0 Å². The van der Waals surface area contributed by atoms with E-state index in [1.165, 1.54) is 0 Å². The van der Waals surface area contributed by atoms with Gasteiger partial charge < -0.3 is 20.5 Å². The van der Waals surface area contributed by atoms with Crippen LogP contribution in [0.4, 0.5) is 5.69 Å². The fourth-order valence-corrected chi connectivity index (χ4v) is 1.52. The second-order valence-electron chi connectivity index (χ2n) is 4.33. The summed E-state index contributed by atoms with van der Waals surface area (Å²) in [7, 11) is 1.63. The SMILES string of the molecule is COCCOc1ccc(NC(=O)C(C)CCN)cc1. The van der Waals surface area contributed by atoms with E-state index in [2.05, 4.69) is 5.32 Å². The van der Waals surface area contributed by atoms with Crippen LogP contribution in [-0.2, 0) is 9.53 Å². The number of hydrogen-bond donors (Lipinski definition) is 2. The molecule has 1 aromatic carbocycles. The largest absolute Gasteiger partial charge is 0.491 e. The second kappa shape index (κ2) is 8.50. The summed E-state index contributed by atoms with van der Waals surface area (Å²) in [5, 5.41) is 2.85. The van der Waals surface area contributed by atoms with Gasteiger partial charge in [0, 0.05) is 18.7 Å². The average Bonchev–Trinajstić information content (AvgIpc) is 2.41. The molecule has 0 aliphatic rings. The number of nitrogens with one attached hydrogen (secondary N) is 1. The second-order valence-corrected chi connectivity index (χ2v) is 4.33. The minimum atomic E-state index is -0.0809. The number of carbonyl (C=O) groups is 1. The number of benzene rings is 1. The number of amides is 1. The van der Waals surface area contributed by atoms with Crippen LogP contribution in [0.15, 0.2) is 24.3 Å². The molecule has 0 heterocycles. The van der Waals surface area contributed by atoms with Crippen molar-refractivity contribution in [2.24, 2.45) is 11.7 Å². The zero-order valence-corrected chi connectivity index (χ0v) is 11.5. The number of ether oxygens (including phenoxy) is 2. The minimum absolute atomic E-state index is 0.0153. The van der Waals surface area contributed by atoms with Gasteiger partial charge in [-0.1, -0.05) is 6.92 Å². The summed E-state index contributed by atoms with van der Waals surface area (Å²) in [6.07, 6.45) is 0.685. The molecule has 0 bridgehead atoms. The predicted molar refractivity (Wildman–Crippen MR) is 75.3 cm³/mol. The maximum absolute atomic E-state index is 11.8. The topological polar surface area (TPSA) is 73.6 Å². The van der Waals surface area contributed by atoms with Crippen LogP contribution in [0.2, 0.25) is 0 Å². The van der Waals surface area contributed by atoms with Gasteiger partial charge in [-0.3, -0.25) is 4.79 Å². The number of carbonyl (C=O) groups excluding carboxylic acids is 1. The Kier molecular flexibility index (Phi) is 6.92. The Balaban J connectivity index is 2.45. The average molecular weight is 266 g/mol. The molecule has 19 heavy (non-hydrogen) atoms. The van der Waals surface area contributed by atoms with E-state index in [4.69, 9.17) is 15.2 Å². The van der Waals surface area contributed by atoms with Crippen molar-refractivity contribution < 1.29 is 14.3 Å². The van der Waals surface area contributed by atoms with Crippen LogP contribution in [0.25, 0.3) is 0 Å². The molecule has 0 aliphatic carbocycles. The third-order valence-electron chi connectivity index (χ3n) is 2.73. The van der Waals surface area contributed by atoms with Crippen LogP contribution in [0.1, 0.15) is 13.3 Å². The lowest BCUT2D eigenvalue weighted by Crippen LogP contribution is -2.22. The maximum Gasteiger partial charge on any atom is 0.227 e. The molecule has 3 N–H and O–H groups in total. The van der Waals surface area contributed by atoms with Gasteiger partial charge in [-0.2, -0.15) is 0 Å². The van der Waals surface area contributed by atoms with Gasteiger partial charge in [0.05, 0.1) is 6.61 Å². The lowest BCUT2D eigenvalue weighted by molar-refractivity contribution is -0.119. The van der Waals surface area contributed by atoms with Crippen molar-refractivity contribution in [3.8, 4) is 5.75 Å². The Labute approximate surface area is 114 Å². The third-order valence-corrected chi connectivity index (χ3v) is 2.73. The van der Waals surface area contributed by atoms with Gasteiger partial charge in [0.2, 0.25) is 5.91 Å². The van der Waals surface area contributed by atoms with E-state index < -0.39 is 0 Å². The molecule has 0 aliphatic heterocycles. The monoisotopic (exact) mass is 266 g/mol. The van der Waals surface area contributed by atoms with E-state index >= 15 is 0 Å². The molecule has 0 radical (unpaired) electrons. The van der Waals surface area contributed by atoms with E-state index in [1.54, 1.807) is 7.11 Å². The Hall–Kier alpha value is -1.59. The first-order chi connectivity index (χ1) is 9.17. The molecule has 1 unspecified atom stereocenters. The first-order valence-electron chi connectivity index (χ1n) is 6.40. The molecule has 1 atom stereocenters. The van der Waals surface area contributed by atoms with Gasteiger partial charge in [-0.15, -0.1) is 0 Å². The predicted octanol–water partition coefficient (Wildman–Crippen LogP) is 1.64. The van der Waals surface area contributed by atoms with Crippen LogP contribution >= 0.6 is 0 Å². The number of anilines is 1. The van der Waals surface area contributed by atoms with E-state index in [9.17, 15) is 4.79 Å². The minimum Gasteiger partial charge on any atom is -0.491 e. The Morgan fingerprint density at radius 1 is 1.32 bits per heavy atom. The third kappa shape index (κ3) is 5.72. The molecule has 1 amide bonds. The molecule has 0 spiro atoms. The highest BCUT2D eigenvalue weighted by molar-refractivity contribution is 5.92. The van der Waals surface area contributed by atoms with Crippen LogP contribution in [0, 0.1) is 5.92 Å². The summed E-state index contributed by atoms with van der Waals surface area (Å²) in [6, 6.07) is 7.27. The van der Waals surface area contributed by atoms with Crippen LogP contribution in [0.3, 0.4) is 0 Å². The fourth-order valence-electron chi connectivity index (χ4n) is 1.52. The van der Waals surface area contributed by atoms with Crippen LogP contribution in [0.5, 0.6) is 5.75 Å². The fraction of sp³-hybridized carbons (Fsp3) is 0.500. The van der Waals surface area contributed by atoms with E-state index in [-0.39, 0.29) is 11.8 Å². The van der Waals surface area contributed by atoms with E-state index in [1.807, 2.05) is 31.2 Å². The molecule has 0 aromatic heterocycles. The first kappa shape index (κ1) is 15.5. The van der Waals surface area contributed by atoms with Gasteiger partial charge >= 0.3 is 0 Å². The van der Waals surface area contributed by atoms with Crippen molar-refractivity contribution in [3.05, 3.63) is 24.3 Å². The zero-order valence-electron chi connectivity index (χ0n) is 11.5. The lowest BCUT2D eigenvalue weighted by Gasteiger charge is -2.11. The summed E-state index contributed by atoms with van der Waals surface area (Å²) < 4.78 is 10.3. The van der Waals surface area contributed by atoms with Crippen molar-refractivity contribution in [2.75, 3.05) is 32.2 Å². The molecule has 0 saturated heterocycles. The number of hydrogen-bond acceptors (Lipinski definition) is 4. The number of nitrogens with two attached hydrogens (primary N) is 1. The van der Waals surface area contributed by atoms with Crippen molar-refractivity contribution in [1.82, 2.24) is 0 Å². The van der Waals surface area contributed by atoms with Crippen LogP contribution in [-0.4, -0.2) is 32.8 Å². The normalized spacial score (nSPS) is 11.9. The molecule has 1 rings (SSSR count). The standard InChI is InChI=1S/C14H22N2O3/c1-11(7-8-15)14(17)16-12-3-5-13(6-4-12)19-10-9-18-2/h3-6,11H,7-10,15H2,1-2H3,(H,16,17). The highest BCUT2D eigenvalue weighted by Gasteiger charge is 2.11. The Morgan fingerprint density at radius 3 is 2.58 bits per heavy atom. The van der Waals surface area contributed by atoms with Crippen molar-refractivity contribution in [3.63, 3.8) is 0 Å². The first-order valence-corrected chi connectivity index (χ1v) is 6.40. The molecule has 5 heteroatoms. The number of methoxy groups -OCH3 is 1. The summed E-state index contributed by atoms with van der Waals surface area (Å²) >= 11 is 0. The Bertz CT molecular complexity index is 379. The highest BCUT2D eigenvalue weighted by atomic mass is 16.5. The van der Waals surface area contributed by atoms with Crippen LogP contribution < -0.4 is 15.8 Å². The molecular formula is C14H22N2O3. The molecule has 0 saturated carbocycles. The highest BCUT2D eigenvalue weighted by Crippen LogP contribution is 2.16. The molecular weight excluding hydrogens is 244 g/mol. The molecule has 0 fully saturated rings. The zero-order chi connectivity index (χ0) is 14.1. The van der Waals surface area contributed by atoms with Crippen molar-refractivity contribution >= 4 is 11.6 Å². The molecule has 5 nitrogen and oxygen atoms in total. The van der Waals surface area contributed by atoms with Crippen molar-refractivity contribution in [2.45, 2.75) is 13.3 Å². The smallest absolute Gasteiger partial charge is 0.227 e. The number of rotatable bonds is 8. The lowest BCUT2D eigenvalue weighted by atomic mass is 10.1. The van der Waals surface area contributed by atoms with Gasteiger partial charge in [-0.05, 0) is 37.2 Å². The van der Waals surface area contributed by atoms with E-state index in [0.29, 0.717) is 26.2 Å². The molecule has 1 aromatic rings. The van der Waals surface area contributed by atoms with Gasteiger partial charge in [0.25, 0.3) is 0 Å². The van der Waals surface area contributed by atoms with Crippen molar-refractivity contribution in [1.29, 1.82) is 0 Å². The molecule has 106 valence electrons. The summed E-state index contributed by atoms with van der Waals surface area (Å²) in [6.45, 7) is 3.44. The Morgan fingerprint density at radius 2 is 2.00 bits per heavy atom. The van der Waals surface area contributed by atoms with E-state index in [0.717, 1.165) is 11.4 Å². The summed E-state index contributed by atoms with van der Waals surface area (Å²) in [4.78, 5) is 11.8. The maximum atomic E-state index is 11.8. The van der Waals surface area contributed by atoms with Gasteiger partial charge in [0.1, 0.15) is 12.4 Å². The van der Waals surface area contributed by atoms with Gasteiger partial charge in [-0.25, -0.2) is 0 Å². The summed E-state index contributed by atoms with van der Waals surface area (Å²) in [5.74, 6) is 0.659. The summed E-state index contributed by atoms with van der Waals surface area (Å²) in [5.41, 5.74) is 6.19. The quantitative estimate of drug-likeness (QED) is 0.701.